The van der Waals surface area contributed by atoms with Crippen LogP contribution in [0.3, 0.4) is 0 Å². The predicted molar refractivity (Wildman–Crippen MR) is 78.8 cm³/mol. The molecule has 1 saturated carbocycles. The Hall–Kier alpha value is -1.53. The maximum Gasteiger partial charge on any atom is 0.188 e. The standard InChI is InChI=1S/C14H18N4OS/c1-14(2)11(7-12(14)19)17-9-3-5-10(6-4-9)20-13-15-8-16-18-13/h3-6,8,11-12,17,19H,7H2,1-2H3,(H,15,16,18). The second-order valence-corrected chi connectivity index (χ2v) is 6.75. The molecular weight excluding hydrogens is 272 g/mol. The van der Waals surface area contributed by atoms with E-state index in [1.807, 2.05) is 0 Å². The van der Waals surface area contributed by atoms with Crippen molar-refractivity contribution in [3.05, 3.63) is 30.6 Å². The smallest absolute Gasteiger partial charge is 0.188 e. The van der Waals surface area contributed by atoms with Crippen molar-refractivity contribution in [3.8, 4) is 0 Å². The predicted octanol–water partition coefficient (Wildman–Crippen LogP) is 2.53. The normalized spacial score (nSPS) is 24.1. The molecule has 0 radical (unpaired) electrons. The summed E-state index contributed by atoms with van der Waals surface area (Å²) in [6.07, 6.45) is 2.10. The maximum atomic E-state index is 9.75. The molecule has 0 bridgehead atoms. The lowest BCUT2D eigenvalue weighted by molar-refractivity contribution is -0.0510. The average molecular weight is 290 g/mol. The van der Waals surface area contributed by atoms with E-state index in [1.54, 1.807) is 11.8 Å². The molecular formula is C14H18N4OS. The van der Waals surface area contributed by atoms with Crippen molar-refractivity contribution in [2.24, 2.45) is 5.41 Å². The monoisotopic (exact) mass is 290 g/mol. The lowest BCUT2D eigenvalue weighted by Gasteiger charge is -2.49. The summed E-state index contributed by atoms with van der Waals surface area (Å²) in [6.45, 7) is 4.18. The first-order valence-corrected chi connectivity index (χ1v) is 7.45. The van der Waals surface area contributed by atoms with Gasteiger partial charge in [0.1, 0.15) is 6.33 Å². The number of aliphatic hydroxyl groups is 1. The topological polar surface area (TPSA) is 73.8 Å². The molecule has 1 fully saturated rings. The zero-order chi connectivity index (χ0) is 14.2. The highest BCUT2D eigenvalue weighted by Gasteiger charge is 2.47. The van der Waals surface area contributed by atoms with E-state index in [0.717, 1.165) is 22.2 Å². The van der Waals surface area contributed by atoms with Gasteiger partial charge in [-0.1, -0.05) is 25.6 Å². The van der Waals surface area contributed by atoms with Gasteiger partial charge in [-0.05, 0) is 30.7 Å². The van der Waals surface area contributed by atoms with Crippen LogP contribution < -0.4 is 5.32 Å². The van der Waals surface area contributed by atoms with Crippen molar-refractivity contribution in [1.29, 1.82) is 0 Å². The minimum Gasteiger partial charge on any atom is -0.392 e. The number of nitrogens with one attached hydrogen (secondary N) is 2. The number of aromatic nitrogens is 3. The van der Waals surface area contributed by atoms with Crippen molar-refractivity contribution in [3.63, 3.8) is 0 Å². The molecule has 0 saturated heterocycles. The Morgan fingerprint density at radius 1 is 1.35 bits per heavy atom. The zero-order valence-electron chi connectivity index (χ0n) is 11.5. The Labute approximate surface area is 122 Å². The molecule has 1 aliphatic carbocycles. The van der Waals surface area contributed by atoms with E-state index >= 15 is 0 Å². The van der Waals surface area contributed by atoms with E-state index in [4.69, 9.17) is 0 Å². The summed E-state index contributed by atoms with van der Waals surface area (Å²) in [5.74, 6) is 0. The van der Waals surface area contributed by atoms with Crippen LogP contribution in [0.2, 0.25) is 0 Å². The molecule has 0 aliphatic heterocycles. The minimum atomic E-state index is -0.207. The fourth-order valence-corrected chi connectivity index (χ4v) is 3.02. The number of anilines is 1. The van der Waals surface area contributed by atoms with Gasteiger partial charge in [-0.2, -0.15) is 5.10 Å². The highest BCUT2D eigenvalue weighted by molar-refractivity contribution is 7.99. The second kappa shape index (κ2) is 5.10. The summed E-state index contributed by atoms with van der Waals surface area (Å²) in [7, 11) is 0. The fourth-order valence-electron chi connectivity index (χ4n) is 2.32. The number of aliphatic hydroxyl groups excluding tert-OH is 1. The molecule has 1 aromatic heterocycles. The lowest BCUT2D eigenvalue weighted by Crippen LogP contribution is -2.56. The Balaban J connectivity index is 1.62. The second-order valence-electron chi connectivity index (χ2n) is 5.69. The van der Waals surface area contributed by atoms with Gasteiger partial charge in [0.25, 0.3) is 0 Å². The molecule has 1 aromatic carbocycles. The number of H-pyrrole nitrogens is 1. The van der Waals surface area contributed by atoms with Gasteiger partial charge in [0.15, 0.2) is 5.16 Å². The number of aromatic amines is 1. The molecule has 1 aliphatic rings. The first kappa shape index (κ1) is 13.5. The van der Waals surface area contributed by atoms with Crippen LogP contribution in [0.25, 0.3) is 0 Å². The van der Waals surface area contributed by atoms with Gasteiger partial charge in [0, 0.05) is 22.0 Å². The van der Waals surface area contributed by atoms with E-state index in [0.29, 0.717) is 6.04 Å². The summed E-state index contributed by atoms with van der Waals surface area (Å²) in [4.78, 5) is 5.20. The summed E-state index contributed by atoms with van der Waals surface area (Å²) in [5, 5.41) is 20.7. The highest BCUT2D eigenvalue weighted by Crippen LogP contribution is 2.42. The molecule has 3 rings (SSSR count). The summed E-state index contributed by atoms with van der Waals surface area (Å²) < 4.78 is 0. The molecule has 2 aromatic rings. The number of benzene rings is 1. The molecule has 20 heavy (non-hydrogen) atoms. The Bertz CT molecular complexity index is 567. The highest BCUT2D eigenvalue weighted by atomic mass is 32.2. The molecule has 2 unspecified atom stereocenters. The zero-order valence-corrected chi connectivity index (χ0v) is 12.3. The van der Waals surface area contributed by atoms with Crippen molar-refractivity contribution in [1.82, 2.24) is 15.2 Å². The Morgan fingerprint density at radius 3 is 2.65 bits per heavy atom. The third-order valence-electron chi connectivity index (χ3n) is 4.02. The van der Waals surface area contributed by atoms with Gasteiger partial charge in [0.2, 0.25) is 0 Å². The first-order chi connectivity index (χ1) is 9.55. The van der Waals surface area contributed by atoms with Crippen molar-refractivity contribution in [2.45, 2.75) is 42.5 Å². The van der Waals surface area contributed by atoms with Crippen LogP contribution in [0, 0.1) is 5.41 Å². The molecule has 2 atom stereocenters. The number of nitrogens with zero attached hydrogens (tertiary/aromatic N) is 2. The molecule has 0 spiro atoms. The van der Waals surface area contributed by atoms with Crippen molar-refractivity contribution < 1.29 is 5.11 Å². The molecule has 6 heteroatoms. The van der Waals surface area contributed by atoms with E-state index in [1.165, 1.54) is 6.33 Å². The lowest BCUT2D eigenvalue weighted by atomic mass is 9.64. The Morgan fingerprint density at radius 2 is 2.10 bits per heavy atom. The van der Waals surface area contributed by atoms with Crippen LogP contribution in [0.1, 0.15) is 20.3 Å². The summed E-state index contributed by atoms with van der Waals surface area (Å²) >= 11 is 1.54. The molecule has 106 valence electrons. The van der Waals surface area contributed by atoms with Gasteiger partial charge in [-0.3, -0.25) is 5.10 Å². The number of hydrogen-bond donors (Lipinski definition) is 3. The quantitative estimate of drug-likeness (QED) is 0.807. The maximum absolute atomic E-state index is 9.75. The van der Waals surface area contributed by atoms with Crippen LogP contribution in [0.5, 0.6) is 0 Å². The van der Waals surface area contributed by atoms with Crippen LogP contribution >= 0.6 is 11.8 Å². The van der Waals surface area contributed by atoms with E-state index < -0.39 is 0 Å². The SMILES string of the molecule is CC1(C)C(O)CC1Nc1ccc(Sc2ncn[nH]2)cc1. The van der Waals surface area contributed by atoms with Crippen LogP contribution in [0.15, 0.2) is 40.6 Å². The molecule has 5 nitrogen and oxygen atoms in total. The average Bonchev–Trinajstić information content (AvgIpc) is 2.93. The summed E-state index contributed by atoms with van der Waals surface area (Å²) in [6, 6.07) is 8.54. The first-order valence-electron chi connectivity index (χ1n) is 6.63. The van der Waals surface area contributed by atoms with Crippen molar-refractivity contribution in [2.75, 3.05) is 5.32 Å². The Kier molecular flexibility index (Phi) is 3.43. The van der Waals surface area contributed by atoms with Crippen molar-refractivity contribution >= 4 is 17.4 Å². The van der Waals surface area contributed by atoms with Gasteiger partial charge in [0.05, 0.1) is 6.10 Å². The van der Waals surface area contributed by atoms with Crippen LogP contribution in [-0.4, -0.2) is 32.4 Å². The summed E-state index contributed by atoms with van der Waals surface area (Å²) in [5.41, 5.74) is 1.02. The third-order valence-corrected chi connectivity index (χ3v) is 4.92. The van der Waals surface area contributed by atoms with Gasteiger partial charge >= 0.3 is 0 Å². The third kappa shape index (κ3) is 2.53. The van der Waals surface area contributed by atoms with E-state index in [9.17, 15) is 5.11 Å². The molecule has 0 amide bonds. The van der Waals surface area contributed by atoms with E-state index in [-0.39, 0.29) is 11.5 Å². The molecule has 3 N–H and O–H groups in total. The fraction of sp³-hybridized carbons (Fsp3) is 0.429. The van der Waals surface area contributed by atoms with Gasteiger partial charge in [-0.25, -0.2) is 4.98 Å². The van der Waals surface area contributed by atoms with Crippen LogP contribution in [-0.2, 0) is 0 Å². The van der Waals surface area contributed by atoms with Gasteiger partial charge < -0.3 is 10.4 Å². The number of rotatable bonds is 4. The minimum absolute atomic E-state index is 0.0622. The van der Waals surface area contributed by atoms with Gasteiger partial charge in [-0.15, -0.1) is 0 Å². The largest absolute Gasteiger partial charge is 0.392 e. The van der Waals surface area contributed by atoms with E-state index in [2.05, 4.69) is 58.6 Å². The number of hydrogen-bond acceptors (Lipinski definition) is 5. The molecule has 1 heterocycles. The van der Waals surface area contributed by atoms with Crippen LogP contribution in [0.4, 0.5) is 5.69 Å².